The molecule has 0 bridgehead atoms. The number of nitrogens with zero attached hydrogens (tertiary/aromatic N) is 3. The highest BCUT2D eigenvalue weighted by Gasteiger charge is 2.23. The van der Waals surface area contributed by atoms with Gasteiger partial charge in [-0.25, -0.2) is 0 Å². The first-order chi connectivity index (χ1) is 11.1. The Morgan fingerprint density at radius 3 is 3.00 bits per heavy atom. The van der Waals surface area contributed by atoms with E-state index >= 15 is 0 Å². The third-order valence-corrected chi connectivity index (χ3v) is 5.45. The zero-order valence-electron chi connectivity index (χ0n) is 12.9. The largest absolute Gasteiger partial charge is 0.411 e. The van der Waals surface area contributed by atoms with Gasteiger partial charge in [0, 0.05) is 17.1 Å². The predicted molar refractivity (Wildman–Crippen MR) is 93.2 cm³/mol. The van der Waals surface area contributed by atoms with E-state index in [1.807, 2.05) is 29.2 Å². The van der Waals surface area contributed by atoms with Crippen molar-refractivity contribution in [1.82, 2.24) is 15.1 Å². The van der Waals surface area contributed by atoms with E-state index in [1.165, 1.54) is 18.2 Å². The van der Waals surface area contributed by atoms with E-state index in [1.54, 1.807) is 0 Å². The summed E-state index contributed by atoms with van der Waals surface area (Å²) in [5, 5.41) is 8.51. The van der Waals surface area contributed by atoms with Crippen molar-refractivity contribution in [1.29, 1.82) is 0 Å². The normalized spacial score (nSPS) is 18.2. The summed E-state index contributed by atoms with van der Waals surface area (Å²) in [6, 6.07) is 8.01. The molecular weight excluding hydrogens is 378 g/mol. The number of hydrogen-bond acceptors (Lipinski definition) is 5. The number of rotatable bonds is 4. The molecule has 3 rings (SSSR count). The fourth-order valence-corrected chi connectivity index (χ4v) is 3.79. The van der Waals surface area contributed by atoms with E-state index in [2.05, 4.69) is 33.1 Å². The summed E-state index contributed by atoms with van der Waals surface area (Å²) in [7, 11) is 0. The fourth-order valence-electron chi connectivity index (χ4n) is 2.69. The molecule has 2 aromatic rings. The zero-order valence-corrected chi connectivity index (χ0v) is 15.3. The van der Waals surface area contributed by atoms with Gasteiger partial charge in [-0.1, -0.05) is 23.9 Å². The molecule has 122 valence electrons. The lowest BCUT2D eigenvalue weighted by molar-refractivity contribution is -0.131. The lowest BCUT2D eigenvalue weighted by atomic mass is 10.0. The third-order valence-electron chi connectivity index (χ3n) is 3.95. The van der Waals surface area contributed by atoms with E-state index in [0.29, 0.717) is 22.9 Å². The average molecular weight is 396 g/mol. The van der Waals surface area contributed by atoms with Crippen LogP contribution in [0.5, 0.6) is 0 Å². The molecule has 1 aromatic heterocycles. The summed E-state index contributed by atoms with van der Waals surface area (Å²) < 4.78 is 6.56. The topological polar surface area (TPSA) is 59.2 Å². The maximum absolute atomic E-state index is 12.3. The number of amides is 1. The maximum atomic E-state index is 12.3. The van der Waals surface area contributed by atoms with Crippen molar-refractivity contribution in [2.75, 3.05) is 12.3 Å². The second kappa shape index (κ2) is 7.49. The number of carbonyl (C=O) groups excluding carboxylic acids is 1. The molecule has 1 atom stereocenters. The first kappa shape index (κ1) is 16.5. The van der Waals surface area contributed by atoms with Crippen molar-refractivity contribution in [3.63, 3.8) is 0 Å². The van der Waals surface area contributed by atoms with Crippen molar-refractivity contribution in [3.05, 3.63) is 28.7 Å². The quantitative estimate of drug-likeness (QED) is 0.732. The van der Waals surface area contributed by atoms with Crippen LogP contribution in [0.25, 0.3) is 11.5 Å². The van der Waals surface area contributed by atoms with Crippen molar-refractivity contribution >= 4 is 33.6 Å². The van der Waals surface area contributed by atoms with Gasteiger partial charge in [-0.05, 0) is 54.2 Å². The van der Waals surface area contributed by atoms with Gasteiger partial charge in [0.05, 0.1) is 11.3 Å². The van der Waals surface area contributed by atoms with Crippen LogP contribution >= 0.6 is 27.7 Å². The Morgan fingerprint density at radius 1 is 1.39 bits per heavy atom. The standard InChI is InChI=1S/C16H18BrN3O2S/c1-11-6-4-5-9-20(11)14(21)10-23-16-19-18-15(22-16)12-7-2-3-8-13(12)17/h2-3,7-8,11H,4-6,9-10H2,1H3/t11-/m0/s1. The van der Waals surface area contributed by atoms with E-state index in [4.69, 9.17) is 4.42 Å². The van der Waals surface area contributed by atoms with Gasteiger partial charge in [0.1, 0.15) is 0 Å². The van der Waals surface area contributed by atoms with Crippen LogP contribution in [0.4, 0.5) is 0 Å². The van der Waals surface area contributed by atoms with Gasteiger partial charge in [-0.3, -0.25) is 4.79 Å². The first-order valence-electron chi connectivity index (χ1n) is 7.66. The monoisotopic (exact) mass is 395 g/mol. The third kappa shape index (κ3) is 3.95. The molecule has 2 heterocycles. The molecule has 0 aliphatic carbocycles. The molecule has 1 aliphatic rings. The summed E-state index contributed by atoms with van der Waals surface area (Å²) in [5.74, 6) is 0.934. The molecule has 1 fully saturated rings. The number of halogens is 1. The molecular formula is C16H18BrN3O2S. The minimum atomic E-state index is 0.142. The Labute approximate surface area is 148 Å². The molecule has 1 saturated heterocycles. The van der Waals surface area contributed by atoms with Crippen LogP contribution in [0.2, 0.25) is 0 Å². The number of thioether (sulfide) groups is 1. The number of piperidine rings is 1. The van der Waals surface area contributed by atoms with Crippen molar-refractivity contribution in [2.24, 2.45) is 0 Å². The van der Waals surface area contributed by atoms with Gasteiger partial charge in [0.25, 0.3) is 5.22 Å². The number of hydrogen-bond donors (Lipinski definition) is 0. The highest BCUT2D eigenvalue weighted by molar-refractivity contribution is 9.10. The van der Waals surface area contributed by atoms with Crippen LogP contribution < -0.4 is 0 Å². The Bertz CT molecular complexity index is 691. The zero-order chi connectivity index (χ0) is 16.2. The van der Waals surface area contributed by atoms with Gasteiger partial charge >= 0.3 is 0 Å². The Balaban J connectivity index is 1.61. The van der Waals surface area contributed by atoms with Crippen LogP contribution in [0.3, 0.4) is 0 Å². The van der Waals surface area contributed by atoms with E-state index < -0.39 is 0 Å². The number of aromatic nitrogens is 2. The summed E-state index contributed by atoms with van der Waals surface area (Å²) in [6.07, 6.45) is 3.38. The molecule has 0 spiro atoms. The Hall–Kier alpha value is -1.34. The van der Waals surface area contributed by atoms with Crippen LogP contribution in [-0.4, -0.2) is 39.3 Å². The van der Waals surface area contributed by atoms with E-state index in [9.17, 15) is 4.79 Å². The van der Waals surface area contributed by atoms with Gasteiger partial charge in [-0.15, -0.1) is 10.2 Å². The predicted octanol–water partition coefficient (Wildman–Crippen LogP) is 3.99. The second-order valence-corrected chi connectivity index (χ2v) is 7.35. The fraction of sp³-hybridized carbons (Fsp3) is 0.438. The highest BCUT2D eigenvalue weighted by atomic mass is 79.9. The molecule has 1 aliphatic heterocycles. The highest BCUT2D eigenvalue weighted by Crippen LogP contribution is 2.29. The SMILES string of the molecule is C[C@H]1CCCCN1C(=O)CSc1nnc(-c2ccccc2Br)o1. The van der Waals surface area contributed by atoms with Gasteiger partial charge in [0.15, 0.2) is 0 Å². The Morgan fingerprint density at radius 2 is 2.22 bits per heavy atom. The molecule has 0 unspecified atom stereocenters. The molecule has 0 saturated carbocycles. The van der Waals surface area contributed by atoms with Crippen molar-refractivity contribution in [2.45, 2.75) is 37.5 Å². The second-order valence-electron chi connectivity index (χ2n) is 5.57. The van der Waals surface area contributed by atoms with Gasteiger partial charge in [-0.2, -0.15) is 0 Å². The first-order valence-corrected chi connectivity index (χ1v) is 9.43. The molecule has 0 N–H and O–H groups in total. The molecule has 7 heteroatoms. The molecule has 0 radical (unpaired) electrons. The summed E-state index contributed by atoms with van der Waals surface area (Å²) in [5.41, 5.74) is 0.850. The average Bonchev–Trinajstić information content (AvgIpc) is 3.02. The molecule has 23 heavy (non-hydrogen) atoms. The summed E-state index contributed by atoms with van der Waals surface area (Å²) in [6.45, 7) is 2.96. The van der Waals surface area contributed by atoms with E-state index in [-0.39, 0.29) is 5.91 Å². The van der Waals surface area contributed by atoms with Crippen LogP contribution in [0.1, 0.15) is 26.2 Å². The van der Waals surface area contributed by atoms with E-state index in [0.717, 1.165) is 29.4 Å². The van der Waals surface area contributed by atoms with Gasteiger partial charge in [0.2, 0.25) is 11.8 Å². The Kier molecular flexibility index (Phi) is 5.38. The van der Waals surface area contributed by atoms with Crippen LogP contribution in [0.15, 0.2) is 38.4 Å². The van der Waals surface area contributed by atoms with Gasteiger partial charge < -0.3 is 9.32 Å². The minimum Gasteiger partial charge on any atom is -0.411 e. The maximum Gasteiger partial charge on any atom is 0.277 e. The molecule has 5 nitrogen and oxygen atoms in total. The number of likely N-dealkylation sites (tertiary alicyclic amines) is 1. The van der Waals surface area contributed by atoms with Crippen LogP contribution in [-0.2, 0) is 4.79 Å². The molecule has 1 aromatic carbocycles. The lowest BCUT2D eigenvalue weighted by Gasteiger charge is -2.33. The number of benzene rings is 1. The minimum absolute atomic E-state index is 0.142. The number of carbonyl (C=O) groups is 1. The van der Waals surface area contributed by atoms with Crippen molar-refractivity contribution in [3.8, 4) is 11.5 Å². The van der Waals surface area contributed by atoms with Crippen molar-refractivity contribution < 1.29 is 9.21 Å². The lowest BCUT2D eigenvalue weighted by Crippen LogP contribution is -2.42. The van der Waals surface area contributed by atoms with Crippen LogP contribution in [0, 0.1) is 0 Å². The summed E-state index contributed by atoms with van der Waals surface area (Å²) >= 11 is 4.77. The smallest absolute Gasteiger partial charge is 0.277 e. The molecule has 1 amide bonds. The summed E-state index contributed by atoms with van der Waals surface area (Å²) in [4.78, 5) is 14.3.